The average molecular weight is 748 g/mol. The Morgan fingerprint density at radius 1 is 0.627 bits per heavy atom. The third-order valence-corrected chi connectivity index (χ3v) is 9.54. The highest BCUT2D eigenvalue weighted by Gasteiger charge is 2.21. The lowest BCUT2D eigenvalue weighted by Crippen LogP contribution is -2.37. The van der Waals surface area contributed by atoms with E-state index in [1.807, 2.05) is 21.1 Å². The summed E-state index contributed by atoms with van der Waals surface area (Å²) in [5.74, 6) is -1.27. The summed E-state index contributed by atoms with van der Waals surface area (Å²) in [4.78, 5) is 48.4. The topological polar surface area (TPSA) is 137 Å². The molecule has 12 heteroatoms. The van der Waals surface area contributed by atoms with Crippen LogP contribution in [0.1, 0.15) is 161 Å². The summed E-state index contributed by atoms with van der Waals surface area (Å²) in [5.41, 5.74) is 0. The lowest BCUT2D eigenvalue weighted by molar-refractivity contribution is -0.870. The number of quaternary nitrogens is 1. The Bertz CT molecular complexity index is 939. The van der Waals surface area contributed by atoms with Gasteiger partial charge in [-0.2, -0.15) is 0 Å². The number of unbranched alkanes of at least 4 members (excludes halogenated alkanes) is 20. The summed E-state index contributed by atoms with van der Waals surface area (Å²) in [7, 11) is 1.11. The third kappa shape index (κ3) is 36.4. The lowest BCUT2D eigenvalue weighted by Gasteiger charge is -2.28. The number of rotatable bonds is 37. The van der Waals surface area contributed by atoms with Gasteiger partial charge in [0.25, 0.3) is 7.82 Å². The zero-order valence-electron chi connectivity index (χ0n) is 32.8. The summed E-state index contributed by atoms with van der Waals surface area (Å²) in [6, 6.07) is 0. The largest absolute Gasteiger partial charge is 0.756 e. The van der Waals surface area contributed by atoms with Crippen molar-refractivity contribution in [3.8, 4) is 0 Å². The highest BCUT2D eigenvalue weighted by molar-refractivity contribution is 7.45. The Balaban J connectivity index is 4.38. The molecule has 2 atom stereocenters. The molecule has 0 radical (unpaired) electrons. The Morgan fingerprint density at radius 2 is 1.08 bits per heavy atom. The number of carbonyl (C=O) groups excluding carboxylic acids is 3. The number of hydrogen-bond donors (Lipinski definition) is 0. The van der Waals surface area contributed by atoms with Crippen LogP contribution < -0.4 is 4.89 Å². The van der Waals surface area contributed by atoms with Crippen LogP contribution in [-0.2, 0) is 42.2 Å². The molecule has 0 aliphatic carbocycles. The van der Waals surface area contributed by atoms with Gasteiger partial charge in [-0.25, -0.2) is 4.79 Å². The first-order valence-corrected chi connectivity index (χ1v) is 21.4. The second-order valence-electron chi connectivity index (χ2n) is 14.7. The molecule has 0 rings (SSSR count). The first-order valence-electron chi connectivity index (χ1n) is 19.9. The summed E-state index contributed by atoms with van der Waals surface area (Å²) in [6.07, 6.45) is 25.1. The third-order valence-electron chi connectivity index (χ3n) is 8.58. The molecule has 0 heterocycles. The van der Waals surface area contributed by atoms with E-state index in [9.17, 15) is 23.8 Å². The van der Waals surface area contributed by atoms with E-state index in [-0.39, 0.29) is 32.0 Å². The van der Waals surface area contributed by atoms with Gasteiger partial charge in [-0.05, 0) is 19.3 Å². The zero-order valence-corrected chi connectivity index (χ0v) is 33.7. The molecule has 0 bridgehead atoms. The van der Waals surface area contributed by atoms with Crippen LogP contribution in [0.3, 0.4) is 0 Å². The molecule has 300 valence electrons. The van der Waals surface area contributed by atoms with Gasteiger partial charge in [0.15, 0.2) is 6.10 Å². The van der Waals surface area contributed by atoms with Crippen LogP contribution >= 0.6 is 7.82 Å². The van der Waals surface area contributed by atoms with Crippen molar-refractivity contribution in [3.63, 3.8) is 0 Å². The van der Waals surface area contributed by atoms with E-state index in [0.717, 1.165) is 70.6 Å². The van der Waals surface area contributed by atoms with Gasteiger partial charge in [0.2, 0.25) is 0 Å². The normalized spacial score (nSPS) is 13.4. The first-order chi connectivity index (χ1) is 24.4. The SMILES string of the molecule is C=CC(=O)OCCCCCCCCCCCC(=O)OC(COC(=O)CCCCCCCCCCCCCCC)COP(=O)([O-])OCC[N+](C)(C)C. The van der Waals surface area contributed by atoms with Gasteiger partial charge in [-0.3, -0.25) is 14.2 Å². The fourth-order valence-electron chi connectivity index (χ4n) is 5.38. The fraction of sp³-hybridized carbons (Fsp3) is 0.872. The monoisotopic (exact) mass is 748 g/mol. The molecule has 0 aliphatic heterocycles. The number of likely N-dealkylation sites (N-methyl/N-ethyl adjacent to an activating group) is 1. The highest BCUT2D eigenvalue weighted by atomic mass is 31.2. The molecule has 0 saturated carbocycles. The van der Waals surface area contributed by atoms with Gasteiger partial charge >= 0.3 is 17.9 Å². The average Bonchev–Trinajstić information content (AvgIpc) is 3.07. The van der Waals surface area contributed by atoms with Crippen molar-refractivity contribution in [2.45, 2.75) is 167 Å². The Labute approximate surface area is 310 Å². The highest BCUT2D eigenvalue weighted by Crippen LogP contribution is 2.38. The standard InChI is InChI=1S/C39H74NO10P/c1-6-8-9-10-11-12-13-14-15-17-20-23-26-29-38(42)47-34-36(35-49-51(44,45)48-33-31-40(3,4)5)50-39(43)30-27-24-21-18-16-19-22-25-28-32-46-37(41)7-2/h7,36H,2,6,8-35H2,1,3-5H3. The summed E-state index contributed by atoms with van der Waals surface area (Å²) < 4.78 is 38.7. The van der Waals surface area contributed by atoms with Crippen LogP contribution in [0, 0.1) is 0 Å². The molecule has 0 saturated heterocycles. The molecule has 51 heavy (non-hydrogen) atoms. The predicted molar refractivity (Wildman–Crippen MR) is 201 cm³/mol. The smallest absolute Gasteiger partial charge is 0.330 e. The molecule has 0 aromatic carbocycles. The zero-order chi connectivity index (χ0) is 38.1. The van der Waals surface area contributed by atoms with Crippen molar-refractivity contribution in [1.29, 1.82) is 0 Å². The molecule has 0 amide bonds. The number of carbonyl (C=O) groups is 3. The van der Waals surface area contributed by atoms with Crippen LogP contribution in [0.4, 0.5) is 0 Å². The molecule has 0 spiro atoms. The van der Waals surface area contributed by atoms with E-state index in [1.165, 1.54) is 70.3 Å². The quantitative estimate of drug-likeness (QED) is 0.0151. The Kier molecular flexibility index (Phi) is 31.7. The van der Waals surface area contributed by atoms with Gasteiger partial charge in [0.05, 0.1) is 34.4 Å². The van der Waals surface area contributed by atoms with Crippen molar-refractivity contribution < 1.29 is 51.6 Å². The van der Waals surface area contributed by atoms with Crippen molar-refractivity contribution in [2.75, 3.05) is 54.1 Å². The Morgan fingerprint density at radius 3 is 1.55 bits per heavy atom. The van der Waals surface area contributed by atoms with Crippen LogP contribution in [-0.4, -0.2) is 82.6 Å². The van der Waals surface area contributed by atoms with E-state index >= 15 is 0 Å². The minimum atomic E-state index is -4.64. The molecule has 0 fully saturated rings. The predicted octanol–water partition coefficient (Wildman–Crippen LogP) is 8.76. The second-order valence-corrected chi connectivity index (χ2v) is 16.1. The maximum atomic E-state index is 12.6. The van der Waals surface area contributed by atoms with Crippen molar-refractivity contribution in [2.24, 2.45) is 0 Å². The number of ether oxygens (including phenoxy) is 3. The van der Waals surface area contributed by atoms with Crippen LogP contribution in [0.25, 0.3) is 0 Å². The minimum absolute atomic E-state index is 0.0456. The molecule has 2 unspecified atom stereocenters. The van der Waals surface area contributed by atoms with Gasteiger partial charge < -0.3 is 32.6 Å². The lowest BCUT2D eigenvalue weighted by atomic mass is 10.0. The maximum absolute atomic E-state index is 12.6. The van der Waals surface area contributed by atoms with Crippen molar-refractivity contribution >= 4 is 25.7 Å². The molecule has 0 aromatic heterocycles. The van der Waals surface area contributed by atoms with Crippen LogP contribution in [0.5, 0.6) is 0 Å². The number of phosphoric ester groups is 1. The van der Waals surface area contributed by atoms with Gasteiger partial charge in [-0.15, -0.1) is 0 Å². The van der Waals surface area contributed by atoms with Crippen molar-refractivity contribution in [3.05, 3.63) is 12.7 Å². The fourth-order valence-corrected chi connectivity index (χ4v) is 6.11. The molecular formula is C39H74NO10P. The number of phosphoric acid groups is 1. The van der Waals surface area contributed by atoms with Gasteiger partial charge in [0.1, 0.15) is 19.8 Å². The van der Waals surface area contributed by atoms with Crippen LogP contribution in [0.15, 0.2) is 12.7 Å². The summed E-state index contributed by atoms with van der Waals surface area (Å²) in [5, 5.41) is 0. The van der Waals surface area contributed by atoms with Crippen molar-refractivity contribution in [1.82, 2.24) is 0 Å². The number of esters is 3. The molecular weight excluding hydrogens is 673 g/mol. The minimum Gasteiger partial charge on any atom is -0.756 e. The van der Waals surface area contributed by atoms with E-state index in [2.05, 4.69) is 13.5 Å². The molecule has 11 nitrogen and oxygen atoms in total. The van der Waals surface area contributed by atoms with Crippen LogP contribution in [0.2, 0.25) is 0 Å². The molecule has 0 aliphatic rings. The molecule has 0 aromatic rings. The first kappa shape index (κ1) is 49.2. The summed E-state index contributed by atoms with van der Waals surface area (Å²) >= 11 is 0. The van der Waals surface area contributed by atoms with E-state index in [0.29, 0.717) is 24.1 Å². The van der Waals surface area contributed by atoms with E-state index in [1.54, 1.807) is 0 Å². The van der Waals surface area contributed by atoms with Gasteiger partial charge in [0, 0.05) is 18.9 Å². The Hall–Kier alpha value is -1.78. The van der Waals surface area contributed by atoms with E-state index in [4.69, 9.17) is 23.3 Å². The number of nitrogens with zero attached hydrogens (tertiary/aromatic N) is 1. The number of hydrogen-bond acceptors (Lipinski definition) is 10. The van der Waals surface area contributed by atoms with E-state index < -0.39 is 32.5 Å². The van der Waals surface area contributed by atoms with Gasteiger partial charge in [-0.1, -0.05) is 135 Å². The molecule has 0 N–H and O–H groups in total. The summed E-state index contributed by atoms with van der Waals surface area (Å²) in [6.45, 7) is 5.69. The second kappa shape index (κ2) is 32.8. The maximum Gasteiger partial charge on any atom is 0.330 e.